The van der Waals surface area contributed by atoms with Crippen LogP contribution in [0.3, 0.4) is 0 Å². The van der Waals surface area contributed by atoms with Crippen molar-refractivity contribution < 1.29 is 18.8 Å². The molecule has 0 aromatic heterocycles. The summed E-state index contributed by atoms with van der Waals surface area (Å²) in [6.07, 6.45) is 32.3. The average Bonchev–Trinajstić information content (AvgIpc) is 2.82. The molecule has 4 heteroatoms. The van der Waals surface area contributed by atoms with Crippen molar-refractivity contribution in [2.75, 3.05) is 39.6 Å². The standard InChI is InChI=1S/C28H52NO3/c1-2-3-4-5-6-7-8-9-10-11-12-13-14-15-16-20-23-30-24-25-31-26-27-32-28-29-21-18-17-19-22-29/h17-19,21,28H,2-16,20,22-27H2,1H3/q+1. The summed E-state index contributed by atoms with van der Waals surface area (Å²) in [5, 5.41) is 0. The lowest BCUT2D eigenvalue weighted by molar-refractivity contribution is -0.450. The average molecular weight is 451 g/mol. The molecule has 0 radical (unpaired) electrons. The van der Waals surface area contributed by atoms with Crippen molar-refractivity contribution in [3.63, 3.8) is 0 Å². The van der Waals surface area contributed by atoms with E-state index in [9.17, 15) is 0 Å². The molecule has 1 rings (SSSR count). The van der Waals surface area contributed by atoms with E-state index in [0.717, 1.165) is 13.2 Å². The van der Waals surface area contributed by atoms with Gasteiger partial charge < -0.3 is 14.2 Å². The number of unbranched alkanes of at least 4 members (excludes halogenated alkanes) is 15. The van der Waals surface area contributed by atoms with E-state index in [4.69, 9.17) is 14.2 Å². The zero-order valence-corrected chi connectivity index (χ0v) is 21.1. The highest BCUT2D eigenvalue weighted by Gasteiger charge is 2.00. The molecular weight excluding hydrogens is 398 g/mol. The predicted molar refractivity (Wildman–Crippen MR) is 137 cm³/mol. The van der Waals surface area contributed by atoms with Gasteiger partial charge in [0, 0.05) is 12.7 Å². The van der Waals surface area contributed by atoms with Crippen LogP contribution in [0, 0.1) is 0 Å². The molecule has 0 aromatic rings. The molecule has 1 aliphatic heterocycles. The van der Waals surface area contributed by atoms with Gasteiger partial charge >= 0.3 is 6.40 Å². The van der Waals surface area contributed by atoms with Crippen molar-refractivity contribution in [1.29, 1.82) is 0 Å². The summed E-state index contributed by atoms with van der Waals surface area (Å²) in [6, 6.07) is 0. The topological polar surface area (TPSA) is 30.7 Å². The second kappa shape index (κ2) is 24.5. The SMILES string of the molecule is CCCCCCCCCCCCCCCCCCOCCOCCOC=[N+]1C=CC=CC1. The maximum absolute atomic E-state index is 5.66. The summed E-state index contributed by atoms with van der Waals surface area (Å²) < 4.78 is 18.7. The smallest absolute Gasteiger partial charge is 0.329 e. The fourth-order valence-corrected chi connectivity index (χ4v) is 3.89. The van der Waals surface area contributed by atoms with E-state index >= 15 is 0 Å². The number of hydrogen-bond acceptors (Lipinski definition) is 3. The molecule has 0 unspecified atom stereocenters. The minimum atomic E-state index is 0.577. The van der Waals surface area contributed by atoms with E-state index in [1.54, 1.807) is 6.40 Å². The second-order valence-corrected chi connectivity index (χ2v) is 8.97. The van der Waals surface area contributed by atoms with Crippen LogP contribution in [0.2, 0.25) is 0 Å². The van der Waals surface area contributed by atoms with Gasteiger partial charge in [0.25, 0.3) is 0 Å². The van der Waals surface area contributed by atoms with Crippen LogP contribution in [-0.2, 0) is 14.2 Å². The van der Waals surface area contributed by atoms with E-state index in [1.807, 2.05) is 22.9 Å². The molecule has 32 heavy (non-hydrogen) atoms. The van der Waals surface area contributed by atoms with Crippen molar-refractivity contribution in [2.24, 2.45) is 0 Å². The van der Waals surface area contributed by atoms with Gasteiger partial charge in [-0.1, -0.05) is 109 Å². The summed E-state index contributed by atoms with van der Waals surface area (Å²) >= 11 is 0. The molecular formula is C28H52NO3+. The minimum absolute atomic E-state index is 0.577. The zero-order valence-electron chi connectivity index (χ0n) is 21.1. The summed E-state index contributed by atoms with van der Waals surface area (Å²) in [6.45, 7) is 6.53. The molecule has 4 nitrogen and oxygen atoms in total. The molecule has 0 amide bonds. The zero-order chi connectivity index (χ0) is 22.8. The fraction of sp³-hybridized carbons (Fsp3) is 0.821. The van der Waals surface area contributed by atoms with Crippen LogP contribution >= 0.6 is 0 Å². The van der Waals surface area contributed by atoms with Gasteiger partial charge in [-0.15, -0.1) is 0 Å². The molecule has 1 aliphatic rings. The molecule has 0 aliphatic carbocycles. The Hall–Kier alpha value is -1.13. The fourth-order valence-electron chi connectivity index (χ4n) is 3.89. The first-order chi connectivity index (χ1) is 15.9. The molecule has 186 valence electrons. The predicted octanol–water partition coefficient (Wildman–Crippen LogP) is 7.42. The summed E-state index contributed by atoms with van der Waals surface area (Å²) in [7, 11) is 0. The Labute approximate surface area is 199 Å². The highest BCUT2D eigenvalue weighted by atomic mass is 16.5. The van der Waals surface area contributed by atoms with Crippen molar-refractivity contribution in [1.82, 2.24) is 0 Å². The minimum Gasteiger partial charge on any atom is -0.448 e. The van der Waals surface area contributed by atoms with Crippen LogP contribution in [0.4, 0.5) is 0 Å². The van der Waals surface area contributed by atoms with E-state index in [2.05, 4.69) is 13.0 Å². The quantitative estimate of drug-likeness (QED) is 0.0870. The Morgan fingerprint density at radius 3 is 1.62 bits per heavy atom. The van der Waals surface area contributed by atoms with Gasteiger partial charge in [0.15, 0.2) is 12.7 Å². The Morgan fingerprint density at radius 2 is 1.09 bits per heavy atom. The molecule has 0 fully saturated rings. The monoisotopic (exact) mass is 450 g/mol. The molecule has 0 saturated heterocycles. The van der Waals surface area contributed by atoms with Crippen LogP contribution in [-0.4, -0.2) is 50.6 Å². The third-order valence-corrected chi connectivity index (χ3v) is 5.91. The third kappa shape index (κ3) is 20.8. The number of hydrogen-bond donors (Lipinski definition) is 0. The first-order valence-corrected chi connectivity index (χ1v) is 13.6. The van der Waals surface area contributed by atoms with Crippen LogP contribution in [0.5, 0.6) is 0 Å². The molecule has 0 atom stereocenters. The molecule has 0 spiro atoms. The van der Waals surface area contributed by atoms with Crippen LogP contribution in [0.15, 0.2) is 24.4 Å². The van der Waals surface area contributed by atoms with E-state index < -0.39 is 0 Å². The maximum atomic E-state index is 5.66. The number of allylic oxidation sites excluding steroid dienone is 2. The van der Waals surface area contributed by atoms with Crippen LogP contribution in [0.1, 0.15) is 110 Å². The maximum Gasteiger partial charge on any atom is 0.329 e. The number of nitrogens with zero attached hydrogens (tertiary/aromatic N) is 1. The number of ether oxygens (including phenoxy) is 3. The summed E-state index contributed by atoms with van der Waals surface area (Å²) in [4.78, 5) is 0. The van der Waals surface area contributed by atoms with Crippen molar-refractivity contribution >= 4 is 6.40 Å². The van der Waals surface area contributed by atoms with Crippen LogP contribution in [0.25, 0.3) is 0 Å². The highest BCUT2D eigenvalue weighted by molar-refractivity contribution is 5.40. The third-order valence-electron chi connectivity index (χ3n) is 5.91. The van der Waals surface area contributed by atoms with Gasteiger partial charge in [0.1, 0.15) is 6.61 Å². The Balaban J connectivity index is 1.65. The molecule has 0 saturated carbocycles. The number of rotatable bonds is 24. The Bertz CT molecular complexity index is 473. The molecule has 0 aromatic carbocycles. The van der Waals surface area contributed by atoms with Crippen molar-refractivity contribution in [3.05, 3.63) is 24.4 Å². The molecule has 1 heterocycles. The van der Waals surface area contributed by atoms with E-state index in [0.29, 0.717) is 26.4 Å². The van der Waals surface area contributed by atoms with Gasteiger partial charge in [-0.3, -0.25) is 0 Å². The van der Waals surface area contributed by atoms with Crippen molar-refractivity contribution in [3.8, 4) is 0 Å². The van der Waals surface area contributed by atoms with Gasteiger partial charge in [-0.05, 0) is 12.5 Å². The molecule has 0 bridgehead atoms. The second-order valence-electron chi connectivity index (χ2n) is 8.97. The van der Waals surface area contributed by atoms with Gasteiger partial charge in [-0.2, -0.15) is 4.58 Å². The van der Waals surface area contributed by atoms with E-state index in [1.165, 1.54) is 103 Å². The Kier molecular flexibility index (Phi) is 22.1. The van der Waals surface area contributed by atoms with Crippen molar-refractivity contribution in [2.45, 2.75) is 110 Å². The lowest BCUT2D eigenvalue weighted by Crippen LogP contribution is -2.13. The normalized spacial score (nSPS) is 14.5. The lowest BCUT2D eigenvalue weighted by Gasteiger charge is -2.06. The van der Waals surface area contributed by atoms with Crippen LogP contribution < -0.4 is 0 Å². The molecule has 0 N–H and O–H groups in total. The first kappa shape index (κ1) is 28.9. The van der Waals surface area contributed by atoms with Gasteiger partial charge in [0.2, 0.25) is 0 Å². The largest absolute Gasteiger partial charge is 0.448 e. The van der Waals surface area contributed by atoms with Gasteiger partial charge in [0.05, 0.1) is 19.8 Å². The highest BCUT2D eigenvalue weighted by Crippen LogP contribution is 2.13. The van der Waals surface area contributed by atoms with E-state index in [-0.39, 0.29) is 0 Å². The summed E-state index contributed by atoms with van der Waals surface area (Å²) in [5.41, 5.74) is 0. The lowest BCUT2D eigenvalue weighted by atomic mass is 10.0. The summed E-state index contributed by atoms with van der Waals surface area (Å²) in [5.74, 6) is 0. The first-order valence-electron chi connectivity index (χ1n) is 13.6. The Morgan fingerprint density at radius 1 is 0.594 bits per heavy atom. The van der Waals surface area contributed by atoms with Gasteiger partial charge in [-0.25, -0.2) is 0 Å².